The van der Waals surface area contributed by atoms with E-state index in [2.05, 4.69) is 20.8 Å². The summed E-state index contributed by atoms with van der Waals surface area (Å²) in [4.78, 5) is 12.1. The fourth-order valence-electron chi connectivity index (χ4n) is 16.8. The normalized spacial score (nSPS) is 51.6. The summed E-state index contributed by atoms with van der Waals surface area (Å²) >= 11 is 0. The van der Waals surface area contributed by atoms with Gasteiger partial charge in [0.05, 0.1) is 44.9 Å². The fourth-order valence-corrected chi connectivity index (χ4v) is 16.8. The Morgan fingerprint density at radius 2 is 1.05 bits per heavy atom. The molecule has 506 valence electrons. The predicted octanol–water partition coefficient (Wildman–Crippen LogP) is -4.61. The van der Waals surface area contributed by atoms with Crippen LogP contribution in [0.4, 0.5) is 0 Å². The van der Waals surface area contributed by atoms with E-state index in [9.17, 15) is 86.5 Å². The number of hydrogen-bond acceptors (Lipinski definition) is 29. The Morgan fingerprint density at radius 1 is 0.534 bits per heavy atom. The summed E-state index contributed by atoms with van der Waals surface area (Å²) in [6.07, 6.45) is -35.2. The van der Waals surface area contributed by atoms with Gasteiger partial charge in [-0.05, 0) is 111 Å². The summed E-state index contributed by atoms with van der Waals surface area (Å²) in [5.41, 5.74) is 1.35. The summed E-state index contributed by atoms with van der Waals surface area (Å²) in [6, 6.07) is 0. The number of carbonyl (C=O) groups is 1. The van der Waals surface area contributed by atoms with E-state index in [0.29, 0.717) is 36.5 Å². The zero-order valence-electron chi connectivity index (χ0n) is 50.3. The van der Waals surface area contributed by atoms with E-state index in [-0.39, 0.29) is 35.4 Å². The quantitative estimate of drug-likeness (QED) is 0.0403. The molecule has 0 unspecified atom stereocenters. The largest absolute Gasteiger partial charge is 0.494 e. The van der Waals surface area contributed by atoms with Crippen molar-refractivity contribution in [2.75, 3.05) is 39.6 Å². The highest BCUT2D eigenvalue weighted by molar-refractivity contribution is 5.65. The first-order valence-electron chi connectivity index (χ1n) is 31.4. The average Bonchev–Trinajstić information content (AvgIpc) is 1.57. The molecule has 6 aliphatic heterocycles. The second kappa shape index (κ2) is 28.1. The molecule has 16 N–H and O–H groups in total. The molecule has 0 bridgehead atoms. The Balaban J connectivity index is 0.784. The van der Waals surface area contributed by atoms with Gasteiger partial charge >= 0.3 is 5.97 Å². The van der Waals surface area contributed by atoms with E-state index in [1.807, 2.05) is 6.92 Å². The zero-order valence-corrected chi connectivity index (χ0v) is 50.3. The lowest BCUT2D eigenvalue weighted by molar-refractivity contribution is -0.406. The van der Waals surface area contributed by atoms with Crippen LogP contribution in [-0.4, -0.2) is 293 Å². The van der Waals surface area contributed by atoms with Crippen molar-refractivity contribution in [3.63, 3.8) is 0 Å². The molecule has 88 heavy (non-hydrogen) atoms. The van der Waals surface area contributed by atoms with Crippen LogP contribution >= 0.6 is 0 Å². The van der Waals surface area contributed by atoms with Crippen molar-refractivity contribution < 1.29 is 143 Å². The lowest BCUT2D eigenvalue weighted by Gasteiger charge is -2.61. The Bertz CT molecular complexity index is 2330. The molecule has 0 aromatic carbocycles. The van der Waals surface area contributed by atoms with E-state index < -0.39 is 199 Å². The summed E-state index contributed by atoms with van der Waals surface area (Å²) in [7, 11) is 0. The maximum Gasteiger partial charge on any atom is 0.302 e. The minimum atomic E-state index is -2.08. The van der Waals surface area contributed by atoms with Gasteiger partial charge in [-0.2, -0.15) is 0 Å². The van der Waals surface area contributed by atoms with Crippen molar-refractivity contribution in [1.29, 1.82) is 0 Å². The van der Waals surface area contributed by atoms with Gasteiger partial charge in [0.2, 0.25) is 0 Å². The fraction of sp³-hybridized carbons (Fsp3) is 0.949. The topological polar surface area (TPSA) is 452 Å². The summed E-state index contributed by atoms with van der Waals surface area (Å²) in [5, 5.41) is 172. The van der Waals surface area contributed by atoms with Crippen LogP contribution in [0.5, 0.6) is 0 Å². The molecule has 0 amide bonds. The van der Waals surface area contributed by atoms with Crippen molar-refractivity contribution in [2.45, 2.75) is 265 Å². The Hall–Kier alpha value is -2.03. The van der Waals surface area contributed by atoms with Gasteiger partial charge in [0.25, 0.3) is 0 Å². The molecule has 9 fully saturated rings. The Labute approximate surface area is 509 Å². The van der Waals surface area contributed by atoms with E-state index in [0.717, 1.165) is 64.0 Å². The highest BCUT2D eigenvalue weighted by atomic mass is 16.8. The summed E-state index contributed by atoms with van der Waals surface area (Å²) < 4.78 is 71.9. The number of aliphatic hydroxyl groups excluding tert-OH is 16. The molecule has 4 aliphatic carbocycles. The number of hydrogen-bond donors (Lipinski definition) is 16. The molecule has 0 aromatic heterocycles. The van der Waals surface area contributed by atoms with Crippen LogP contribution in [-0.2, 0) is 61.6 Å². The average molecular weight is 1270 g/mol. The maximum absolute atomic E-state index is 12.1. The van der Waals surface area contributed by atoms with Crippen molar-refractivity contribution in [1.82, 2.24) is 0 Å². The second-order valence-corrected chi connectivity index (χ2v) is 27.1. The lowest BCUT2D eigenvalue weighted by Crippen LogP contribution is -2.69. The number of aliphatic hydroxyl groups is 16. The van der Waals surface area contributed by atoms with Crippen LogP contribution in [0.2, 0.25) is 0 Å². The SMILES string of the molecule is CC(=O)OC[C@H]1O[C@@H](O[C@@H]2[C@H](O)[C@@H](O)[C@H](O[C@H]3CC[C@@]4(C)[C@@H](CC[C@@H]5[C@@H]4CC[C@@]4(C)[C@H]5C[C@@H]5OC(CC[C@@H](C)CO[C@@H]6O[C@H](CO)[C@@H](O)[C@H](O)[C@H]6O)=C(C)[C@@H]54)C3)O[C@@H]2CO)[C@H](O[C@@H]2O[C@H](CO)[C@@H](O)[C@H](O)[C@H]2O)[C@@H](O[C@@H]2O[C@H](CO)[C@@H](O)[C@H](O)[C@H]2O)[C@@H]1O. The first kappa shape index (κ1) is 68.8. The van der Waals surface area contributed by atoms with Gasteiger partial charge in [-0.15, -0.1) is 0 Å². The molecule has 0 radical (unpaired) electrons. The second-order valence-electron chi connectivity index (χ2n) is 27.1. The van der Waals surface area contributed by atoms with Gasteiger partial charge in [-0.3, -0.25) is 4.79 Å². The number of rotatable bonds is 20. The van der Waals surface area contributed by atoms with Gasteiger partial charge in [0.1, 0.15) is 135 Å². The Kier molecular flexibility index (Phi) is 22.0. The van der Waals surface area contributed by atoms with Crippen molar-refractivity contribution in [2.24, 2.45) is 46.3 Å². The molecule has 5 saturated heterocycles. The molecule has 0 aromatic rings. The van der Waals surface area contributed by atoms with E-state index in [4.69, 9.17) is 56.8 Å². The molecule has 10 aliphatic rings. The van der Waals surface area contributed by atoms with Gasteiger partial charge in [-0.1, -0.05) is 20.8 Å². The minimum absolute atomic E-state index is 0.00979. The number of allylic oxidation sites excluding steroid dienone is 1. The van der Waals surface area contributed by atoms with Gasteiger partial charge in [-0.25, -0.2) is 0 Å². The van der Waals surface area contributed by atoms with E-state index in [1.54, 1.807) is 0 Å². The lowest BCUT2D eigenvalue weighted by atomic mass is 9.44. The van der Waals surface area contributed by atoms with E-state index in [1.165, 1.54) is 5.57 Å². The summed E-state index contributed by atoms with van der Waals surface area (Å²) in [6.45, 7) is 6.54. The van der Waals surface area contributed by atoms with Crippen molar-refractivity contribution >= 4 is 5.97 Å². The molecule has 0 spiro atoms. The van der Waals surface area contributed by atoms with E-state index >= 15 is 0 Å². The molecule has 10 rings (SSSR count). The minimum Gasteiger partial charge on any atom is -0.494 e. The third kappa shape index (κ3) is 13.1. The molecular weight excluding hydrogens is 1170 g/mol. The molecule has 6 heterocycles. The predicted molar refractivity (Wildman–Crippen MR) is 292 cm³/mol. The number of esters is 1. The van der Waals surface area contributed by atoms with Gasteiger partial charge in [0.15, 0.2) is 31.5 Å². The third-order valence-corrected chi connectivity index (χ3v) is 21.9. The number of carbonyl (C=O) groups excluding carboxylic acids is 1. The maximum atomic E-state index is 12.1. The molecule has 29 heteroatoms. The number of ether oxygens (including phenoxy) is 12. The van der Waals surface area contributed by atoms with Crippen molar-refractivity contribution in [3.05, 3.63) is 11.3 Å². The molecule has 35 atom stereocenters. The van der Waals surface area contributed by atoms with Crippen LogP contribution < -0.4 is 0 Å². The first-order chi connectivity index (χ1) is 41.8. The highest BCUT2D eigenvalue weighted by Crippen LogP contribution is 2.70. The van der Waals surface area contributed by atoms with Gasteiger partial charge < -0.3 is 139 Å². The molecular formula is C59H96O29. The van der Waals surface area contributed by atoms with Crippen LogP contribution in [0.3, 0.4) is 0 Å². The standard InChI is InChI=1S/C59H96O29/c1-22(20-78-53-46(73)42(69)38(65)32(16-60)81-53)6-9-30-23(2)37-31(80-30)15-29-27-8-7-25-14-26(10-12-58(25,4)28(27)11-13-59(29,37)5)79-54-49(76)45(72)50(35(19-63)84-54)86-57-52(88-56-48(75)44(71)40(67)34(18-62)83-56)51(41(68)36(85-57)21-77-24(3)64)87-55-47(74)43(70)39(66)33(17-61)82-55/h22,25-29,31-57,60-63,65-76H,6-21H2,1-5H3/t22-,25+,26+,27-,28+,29+,31+,32-,33-,34-,35-,36-,37+,38-,39-,40-,41-,42+,43+,44+,45-,46-,47-,48-,49-,50+,51+,52-,53-,54-,55+,56+,57+,58+,59+/m1/s1. The Morgan fingerprint density at radius 3 is 1.64 bits per heavy atom. The molecule has 4 saturated carbocycles. The first-order valence-corrected chi connectivity index (χ1v) is 31.4. The monoisotopic (exact) mass is 1270 g/mol. The van der Waals surface area contributed by atoms with Crippen LogP contribution in [0.25, 0.3) is 0 Å². The van der Waals surface area contributed by atoms with Crippen LogP contribution in [0.15, 0.2) is 11.3 Å². The van der Waals surface area contributed by atoms with Crippen molar-refractivity contribution in [3.8, 4) is 0 Å². The highest BCUT2D eigenvalue weighted by Gasteiger charge is 2.65. The zero-order chi connectivity index (χ0) is 63.6. The molecule has 29 nitrogen and oxygen atoms in total. The smallest absolute Gasteiger partial charge is 0.302 e. The third-order valence-electron chi connectivity index (χ3n) is 21.9. The van der Waals surface area contributed by atoms with Crippen LogP contribution in [0.1, 0.15) is 98.8 Å². The van der Waals surface area contributed by atoms with Gasteiger partial charge in [0, 0.05) is 19.3 Å². The van der Waals surface area contributed by atoms with Crippen LogP contribution in [0, 0.1) is 46.3 Å². The number of fused-ring (bicyclic) bond motifs is 7. The summed E-state index contributed by atoms with van der Waals surface area (Å²) in [5.74, 6) is 2.22.